The van der Waals surface area contributed by atoms with Crippen molar-refractivity contribution in [1.29, 1.82) is 0 Å². The molecule has 1 aromatic rings. The van der Waals surface area contributed by atoms with Crippen molar-refractivity contribution < 1.29 is 9.53 Å². The molecule has 0 bridgehead atoms. The minimum absolute atomic E-state index is 0.139. The van der Waals surface area contributed by atoms with Gasteiger partial charge in [0.2, 0.25) is 0 Å². The quantitative estimate of drug-likeness (QED) is 0.628. The lowest BCUT2D eigenvalue weighted by atomic mass is 10.4. The number of thioether (sulfide) groups is 1. The summed E-state index contributed by atoms with van der Waals surface area (Å²) < 4.78 is 5.19. The number of thiazole rings is 1. The van der Waals surface area contributed by atoms with Crippen LogP contribution in [0, 0.1) is 0 Å². The van der Waals surface area contributed by atoms with Crippen LogP contribution in [0.2, 0.25) is 0 Å². The first-order valence-electron chi connectivity index (χ1n) is 6.43. The summed E-state index contributed by atoms with van der Waals surface area (Å²) in [5.74, 6) is 0.140. The molecule has 0 spiro atoms. The molecule has 112 valence electrons. The second kappa shape index (κ2) is 6.64. The lowest BCUT2D eigenvalue weighted by Gasteiger charge is -2.12. The Morgan fingerprint density at radius 1 is 1.60 bits per heavy atom. The fourth-order valence-electron chi connectivity index (χ4n) is 1.74. The molecule has 0 aliphatic heterocycles. The molecule has 1 saturated carbocycles. The van der Waals surface area contributed by atoms with Gasteiger partial charge in [-0.15, -0.1) is 0 Å². The van der Waals surface area contributed by atoms with Crippen LogP contribution < -0.4 is 16.4 Å². The average molecular weight is 316 g/mol. The van der Waals surface area contributed by atoms with Crippen LogP contribution >= 0.6 is 23.1 Å². The Bertz CT molecular complexity index is 474. The van der Waals surface area contributed by atoms with Crippen LogP contribution in [0.15, 0.2) is 0 Å². The summed E-state index contributed by atoms with van der Waals surface area (Å²) in [5.41, 5.74) is 5.80. The molecule has 6 nitrogen and oxygen atoms in total. The SMILES string of the molecule is COCCNc1nc(N)c(C(=O)NCC2(SC)CC2)s1. The molecule has 2 rings (SSSR count). The number of hydrogen-bond donors (Lipinski definition) is 3. The molecule has 1 aromatic heterocycles. The van der Waals surface area contributed by atoms with Gasteiger partial charge in [0.05, 0.1) is 6.61 Å². The summed E-state index contributed by atoms with van der Waals surface area (Å²) in [6, 6.07) is 0. The van der Waals surface area contributed by atoms with Crippen LogP contribution in [0.3, 0.4) is 0 Å². The molecule has 1 aliphatic carbocycles. The number of amides is 1. The third-order valence-electron chi connectivity index (χ3n) is 3.25. The fourth-order valence-corrected chi connectivity index (χ4v) is 3.30. The van der Waals surface area contributed by atoms with Crippen molar-refractivity contribution in [3.8, 4) is 0 Å². The molecule has 0 saturated heterocycles. The Labute approximate surface area is 126 Å². The zero-order valence-corrected chi connectivity index (χ0v) is 13.3. The predicted molar refractivity (Wildman–Crippen MR) is 84.7 cm³/mol. The van der Waals surface area contributed by atoms with Crippen LogP contribution in [-0.2, 0) is 4.74 Å². The Kier molecular flexibility index (Phi) is 5.11. The second-order valence-corrected chi connectivity index (χ2v) is 7.00. The number of nitrogen functional groups attached to an aromatic ring is 1. The van der Waals surface area contributed by atoms with Crippen LogP contribution in [0.25, 0.3) is 0 Å². The Balaban J connectivity index is 1.89. The van der Waals surface area contributed by atoms with Gasteiger partial charge in [-0.3, -0.25) is 4.79 Å². The van der Waals surface area contributed by atoms with E-state index in [-0.39, 0.29) is 16.5 Å². The number of rotatable bonds is 8. The molecule has 8 heteroatoms. The molecule has 0 radical (unpaired) electrons. The highest BCUT2D eigenvalue weighted by atomic mass is 32.2. The summed E-state index contributed by atoms with van der Waals surface area (Å²) in [6.45, 7) is 1.91. The van der Waals surface area contributed by atoms with E-state index in [2.05, 4.69) is 21.9 Å². The van der Waals surface area contributed by atoms with E-state index in [4.69, 9.17) is 10.5 Å². The Morgan fingerprint density at radius 3 is 2.95 bits per heavy atom. The molecular weight excluding hydrogens is 296 g/mol. The third-order valence-corrected chi connectivity index (χ3v) is 5.70. The topological polar surface area (TPSA) is 89.3 Å². The van der Waals surface area contributed by atoms with Gasteiger partial charge in [-0.2, -0.15) is 11.8 Å². The van der Waals surface area contributed by atoms with E-state index in [1.165, 1.54) is 11.3 Å². The number of nitrogens with one attached hydrogen (secondary N) is 2. The highest BCUT2D eigenvalue weighted by Gasteiger charge is 2.42. The van der Waals surface area contributed by atoms with E-state index in [1.54, 1.807) is 7.11 Å². The van der Waals surface area contributed by atoms with Gasteiger partial charge in [0.1, 0.15) is 10.7 Å². The summed E-state index contributed by atoms with van der Waals surface area (Å²) in [5, 5.41) is 6.68. The van der Waals surface area contributed by atoms with Gasteiger partial charge in [-0.1, -0.05) is 11.3 Å². The van der Waals surface area contributed by atoms with Crippen molar-refractivity contribution in [1.82, 2.24) is 10.3 Å². The van der Waals surface area contributed by atoms with E-state index in [1.807, 2.05) is 11.8 Å². The molecule has 20 heavy (non-hydrogen) atoms. The molecule has 1 heterocycles. The molecule has 0 atom stereocenters. The number of ether oxygens (including phenoxy) is 1. The van der Waals surface area contributed by atoms with Gasteiger partial charge >= 0.3 is 0 Å². The fraction of sp³-hybridized carbons (Fsp3) is 0.667. The first-order chi connectivity index (χ1) is 9.60. The lowest BCUT2D eigenvalue weighted by Crippen LogP contribution is -2.31. The average Bonchev–Trinajstić information content (AvgIpc) is 3.14. The maximum absolute atomic E-state index is 12.1. The van der Waals surface area contributed by atoms with Crippen LogP contribution in [0.5, 0.6) is 0 Å². The summed E-state index contributed by atoms with van der Waals surface area (Å²) in [7, 11) is 1.64. The van der Waals surface area contributed by atoms with Crippen LogP contribution in [0.4, 0.5) is 10.9 Å². The molecule has 4 N–H and O–H groups in total. The monoisotopic (exact) mass is 316 g/mol. The number of methoxy groups -OCH3 is 1. The molecule has 1 aliphatic rings. The maximum Gasteiger partial charge on any atom is 0.265 e. The number of nitrogens with two attached hydrogens (primary N) is 1. The smallest absolute Gasteiger partial charge is 0.265 e. The maximum atomic E-state index is 12.1. The van der Waals surface area contributed by atoms with Crippen molar-refractivity contribution >= 4 is 40.0 Å². The number of hydrogen-bond acceptors (Lipinski definition) is 7. The van der Waals surface area contributed by atoms with E-state index in [9.17, 15) is 4.79 Å². The number of anilines is 2. The first kappa shape index (κ1) is 15.4. The Hall–Kier alpha value is -0.990. The minimum Gasteiger partial charge on any atom is -0.383 e. The largest absolute Gasteiger partial charge is 0.383 e. The molecule has 1 amide bonds. The van der Waals surface area contributed by atoms with Crippen molar-refractivity contribution in [3.63, 3.8) is 0 Å². The standard InChI is InChI=1S/C12H20N4O2S2/c1-18-6-5-14-11-16-9(13)8(20-11)10(17)15-7-12(19-2)3-4-12/h3-7,13H2,1-2H3,(H,14,16)(H,15,17). The van der Waals surface area contributed by atoms with Crippen LogP contribution in [-0.4, -0.2) is 48.7 Å². The number of aromatic nitrogens is 1. The first-order valence-corrected chi connectivity index (χ1v) is 8.47. The van der Waals surface area contributed by atoms with Crippen molar-refractivity contribution in [2.75, 3.05) is 44.1 Å². The molecule has 0 aromatic carbocycles. The van der Waals surface area contributed by atoms with Gasteiger partial charge in [-0.05, 0) is 19.1 Å². The van der Waals surface area contributed by atoms with Crippen LogP contribution in [0.1, 0.15) is 22.5 Å². The van der Waals surface area contributed by atoms with Gasteiger partial charge in [-0.25, -0.2) is 4.98 Å². The lowest BCUT2D eigenvalue weighted by molar-refractivity contribution is 0.0957. The molecule has 0 unspecified atom stereocenters. The highest BCUT2D eigenvalue weighted by molar-refractivity contribution is 8.00. The van der Waals surface area contributed by atoms with Crippen molar-refractivity contribution in [3.05, 3.63) is 4.88 Å². The van der Waals surface area contributed by atoms with E-state index in [0.29, 0.717) is 29.7 Å². The predicted octanol–water partition coefficient (Wildman–Crippen LogP) is 1.41. The van der Waals surface area contributed by atoms with Crippen molar-refractivity contribution in [2.45, 2.75) is 17.6 Å². The van der Waals surface area contributed by atoms with E-state index >= 15 is 0 Å². The Morgan fingerprint density at radius 2 is 2.35 bits per heavy atom. The zero-order valence-electron chi connectivity index (χ0n) is 11.7. The van der Waals surface area contributed by atoms with E-state index < -0.39 is 0 Å². The van der Waals surface area contributed by atoms with Gasteiger partial charge in [0.15, 0.2) is 5.13 Å². The summed E-state index contributed by atoms with van der Waals surface area (Å²) in [6.07, 6.45) is 4.41. The number of nitrogens with zero attached hydrogens (tertiary/aromatic N) is 1. The van der Waals surface area contributed by atoms with Gasteiger partial charge < -0.3 is 21.1 Å². The van der Waals surface area contributed by atoms with Gasteiger partial charge in [0.25, 0.3) is 5.91 Å². The zero-order chi connectivity index (χ0) is 14.6. The van der Waals surface area contributed by atoms with E-state index in [0.717, 1.165) is 12.8 Å². The summed E-state index contributed by atoms with van der Waals surface area (Å²) >= 11 is 3.09. The second-order valence-electron chi connectivity index (χ2n) is 4.72. The number of carbonyl (C=O) groups excluding carboxylic acids is 1. The molecule has 1 fully saturated rings. The molecular formula is C12H20N4O2S2. The minimum atomic E-state index is -0.139. The third kappa shape index (κ3) is 3.77. The summed E-state index contributed by atoms with van der Waals surface area (Å²) in [4.78, 5) is 16.7. The van der Waals surface area contributed by atoms with Gasteiger partial charge in [0, 0.05) is 24.9 Å². The number of carbonyl (C=O) groups is 1. The highest BCUT2D eigenvalue weighted by Crippen LogP contribution is 2.46. The van der Waals surface area contributed by atoms with Crippen molar-refractivity contribution in [2.24, 2.45) is 0 Å². The normalized spacial score (nSPS) is 15.9.